The zero-order valence-electron chi connectivity index (χ0n) is 30.4. The first kappa shape index (κ1) is 37.0. The SMILES string of the molecule is COc1cnccc1CN1CCC(N(CCCCCCCCCN2CC[C@@H](C(C(N)=O)(c3ccccc3)c3ccccc3)C2)C(C)C)CC1. The number of pyridine rings is 1. The summed E-state index contributed by atoms with van der Waals surface area (Å²) in [5, 5.41) is 0. The standard InChI is InChI=1S/C42H61N5O2/c1-34(2)47(39-23-29-46(30-24-39)32-35-21-25-44-31-40(35)49-3)27-16-8-6-4-5-7-15-26-45-28-22-38(33-45)42(41(43)48,36-17-11-9-12-18-36)37-19-13-10-14-20-37/h9-14,17-21,25,31,34,38-39H,4-8,15-16,22-24,26-30,32-33H2,1-3H3,(H2,43,48)/t38-/m1/s1. The van der Waals surface area contributed by atoms with Gasteiger partial charge in [-0.1, -0.05) is 92.8 Å². The Morgan fingerprint density at radius 3 is 2.04 bits per heavy atom. The van der Waals surface area contributed by atoms with Crippen molar-refractivity contribution in [3.05, 3.63) is 95.8 Å². The maximum absolute atomic E-state index is 13.4. The molecule has 2 N–H and O–H groups in total. The van der Waals surface area contributed by atoms with Gasteiger partial charge >= 0.3 is 0 Å². The maximum atomic E-state index is 13.4. The first-order valence-electron chi connectivity index (χ1n) is 19.0. The molecule has 0 unspecified atom stereocenters. The Morgan fingerprint density at radius 1 is 0.857 bits per heavy atom. The summed E-state index contributed by atoms with van der Waals surface area (Å²) in [7, 11) is 1.73. The molecule has 49 heavy (non-hydrogen) atoms. The molecule has 7 heteroatoms. The number of hydrogen-bond acceptors (Lipinski definition) is 6. The van der Waals surface area contributed by atoms with Crippen LogP contribution in [0.5, 0.6) is 5.75 Å². The van der Waals surface area contributed by atoms with Gasteiger partial charge in [-0.25, -0.2) is 0 Å². The molecule has 0 saturated carbocycles. The highest BCUT2D eigenvalue weighted by atomic mass is 16.5. The van der Waals surface area contributed by atoms with Gasteiger partial charge in [0.25, 0.3) is 0 Å². The molecule has 7 nitrogen and oxygen atoms in total. The number of carbonyl (C=O) groups excluding carboxylic acids is 1. The number of primary amides is 1. The number of unbranched alkanes of at least 4 members (excludes halogenated alkanes) is 6. The van der Waals surface area contributed by atoms with Crippen molar-refractivity contribution in [1.82, 2.24) is 19.7 Å². The molecule has 2 saturated heterocycles. The van der Waals surface area contributed by atoms with Crippen molar-refractivity contribution >= 4 is 5.91 Å². The number of nitrogens with two attached hydrogens (primary N) is 1. The van der Waals surface area contributed by atoms with Crippen LogP contribution in [-0.4, -0.2) is 84.1 Å². The highest BCUT2D eigenvalue weighted by Gasteiger charge is 2.49. The number of likely N-dealkylation sites (tertiary alicyclic amines) is 2. The molecule has 266 valence electrons. The molecule has 0 spiro atoms. The van der Waals surface area contributed by atoms with Gasteiger partial charge in [-0.2, -0.15) is 0 Å². The van der Waals surface area contributed by atoms with E-state index in [4.69, 9.17) is 10.5 Å². The van der Waals surface area contributed by atoms with Crippen LogP contribution in [0.1, 0.15) is 94.7 Å². The van der Waals surface area contributed by atoms with E-state index in [0.29, 0.717) is 12.1 Å². The lowest BCUT2D eigenvalue weighted by molar-refractivity contribution is -0.123. The molecule has 0 radical (unpaired) electrons. The summed E-state index contributed by atoms with van der Waals surface area (Å²) in [4.78, 5) is 25.5. The fraction of sp³-hybridized carbons (Fsp3) is 0.571. The van der Waals surface area contributed by atoms with Crippen molar-refractivity contribution in [2.24, 2.45) is 11.7 Å². The summed E-state index contributed by atoms with van der Waals surface area (Å²) in [6.45, 7) is 12.2. The molecule has 1 aromatic heterocycles. The highest BCUT2D eigenvalue weighted by molar-refractivity contribution is 5.91. The molecule has 3 heterocycles. The first-order valence-corrected chi connectivity index (χ1v) is 19.0. The maximum Gasteiger partial charge on any atom is 0.232 e. The Balaban J connectivity index is 0.979. The van der Waals surface area contributed by atoms with E-state index in [1.807, 2.05) is 48.8 Å². The van der Waals surface area contributed by atoms with Crippen molar-refractivity contribution in [2.75, 3.05) is 46.4 Å². The third-order valence-corrected chi connectivity index (χ3v) is 11.3. The van der Waals surface area contributed by atoms with E-state index in [2.05, 4.69) is 63.9 Å². The Labute approximate surface area is 296 Å². The summed E-state index contributed by atoms with van der Waals surface area (Å²) in [5.74, 6) is 0.824. The van der Waals surface area contributed by atoms with Gasteiger partial charge in [0.1, 0.15) is 11.2 Å². The quantitative estimate of drug-likeness (QED) is 0.135. The monoisotopic (exact) mass is 667 g/mol. The molecular formula is C42H61N5O2. The number of rotatable bonds is 19. The van der Waals surface area contributed by atoms with E-state index >= 15 is 0 Å². The fourth-order valence-electron chi connectivity index (χ4n) is 8.66. The number of aromatic nitrogens is 1. The molecule has 3 aromatic rings. The Hall–Kier alpha value is -3.26. The van der Waals surface area contributed by atoms with E-state index in [1.54, 1.807) is 7.11 Å². The Kier molecular flexibility index (Phi) is 14.1. The number of ether oxygens (including phenoxy) is 1. The van der Waals surface area contributed by atoms with Crippen LogP contribution in [0.3, 0.4) is 0 Å². The summed E-state index contributed by atoms with van der Waals surface area (Å²) in [6, 6.07) is 23.8. The number of nitrogens with zero attached hydrogens (tertiary/aromatic N) is 4. The molecule has 0 bridgehead atoms. The number of methoxy groups -OCH3 is 1. The zero-order chi connectivity index (χ0) is 34.5. The van der Waals surface area contributed by atoms with Crippen LogP contribution in [0, 0.1) is 5.92 Å². The largest absolute Gasteiger partial charge is 0.495 e. The predicted octanol–water partition coefficient (Wildman–Crippen LogP) is 7.29. The molecule has 5 rings (SSSR count). The summed E-state index contributed by atoms with van der Waals surface area (Å²) >= 11 is 0. The van der Waals surface area contributed by atoms with Gasteiger partial charge in [-0.3, -0.25) is 19.6 Å². The minimum atomic E-state index is -0.797. The molecular weight excluding hydrogens is 606 g/mol. The van der Waals surface area contributed by atoms with E-state index in [9.17, 15) is 4.79 Å². The minimum absolute atomic E-state index is 0.170. The second kappa shape index (κ2) is 18.7. The van der Waals surface area contributed by atoms with Crippen molar-refractivity contribution < 1.29 is 9.53 Å². The number of carbonyl (C=O) groups is 1. The molecule has 2 fully saturated rings. The topological polar surface area (TPSA) is 74.9 Å². The molecule has 2 aliphatic rings. The zero-order valence-corrected chi connectivity index (χ0v) is 30.4. The van der Waals surface area contributed by atoms with Crippen molar-refractivity contribution in [3.8, 4) is 5.75 Å². The third-order valence-electron chi connectivity index (χ3n) is 11.3. The minimum Gasteiger partial charge on any atom is -0.495 e. The van der Waals surface area contributed by atoms with E-state index < -0.39 is 5.41 Å². The van der Waals surface area contributed by atoms with Crippen LogP contribution in [0.15, 0.2) is 79.1 Å². The summed E-state index contributed by atoms with van der Waals surface area (Å²) in [6.07, 6.45) is 16.3. The fourth-order valence-corrected chi connectivity index (χ4v) is 8.66. The lowest BCUT2D eigenvalue weighted by Gasteiger charge is -2.40. The van der Waals surface area contributed by atoms with Gasteiger partial charge in [-0.05, 0) is 102 Å². The Morgan fingerprint density at radius 2 is 1.45 bits per heavy atom. The van der Waals surface area contributed by atoms with Gasteiger partial charge in [0, 0.05) is 36.9 Å². The molecule has 1 atom stereocenters. The van der Waals surface area contributed by atoms with Crippen molar-refractivity contribution in [1.29, 1.82) is 0 Å². The van der Waals surface area contributed by atoms with E-state index in [0.717, 1.165) is 62.6 Å². The van der Waals surface area contributed by atoms with Crippen LogP contribution in [0.4, 0.5) is 0 Å². The lowest BCUT2D eigenvalue weighted by Crippen LogP contribution is -2.49. The van der Waals surface area contributed by atoms with Crippen LogP contribution < -0.4 is 10.5 Å². The highest BCUT2D eigenvalue weighted by Crippen LogP contribution is 2.43. The second-order valence-electron chi connectivity index (χ2n) is 14.7. The normalized spacial score (nSPS) is 18.0. The Bertz CT molecular complexity index is 1350. The molecule has 1 amide bonds. The molecule has 2 aromatic carbocycles. The first-order chi connectivity index (χ1) is 23.9. The lowest BCUT2D eigenvalue weighted by atomic mass is 9.64. The van der Waals surface area contributed by atoms with Crippen molar-refractivity contribution in [2.45, 2.75) is 102 Å². The molecule has 0 aliphatic carbocycles. The number of amides is 1. The average Bonchev–Trinajstić information content (AvgIpc) is 3.59. The van der Waals surface area contributed by atoms with Gasteiger partial charge in [-0.15, -0.1) is 0 Å². The second-order valence-corrected chi connectivity index (χ2v) is 14.7. The van der Waals surface area contributed by atoms with Crippen LogP contribution >= 0.6 is 0 Å². The smallest absolute Gasteiger partial charge is 0.232 e. The van der Waals surface area contributed by atoms with Crippen LogP contribution in [0.25, 0.3) is 0 Å². The summed E-state index contributed by atoms with van der Waals surface area (Å²) < 4.78 is 5.52. The van der Waals surface area contributed by atoms with Gasteiger partial charge in [0.05, 0.1) is 13.3 Å². The van der Waals surface area contributed by atoms with Gasteiger partial charge < -0.3 is 15.4 Å². The number of hydrogen-bond donors (Lipinski definition) is 1. The van der Waals surface area contributed by atoms with Gasteiger partial charge in [0.15, 0.2) is 0 Å². The third kappa shape index (κ3) is 9.50. The summed E-state index contributed by atoms with van der Waals surface area (Å²) in [5.41, 5.74) is 8.75. The molecule has 2 aliphatic heterocycles. The van der Waals surface area contributed by atoms with Crippen molar-refractivity contribution in [3.63, 3.8) is 0 Å². The van der Waals surface area contributed by atoms with E-state index in [1.165, 1.54) is 69.9 Å². The van der Waals surface area contributed by atoms with E-state index in [-0.39, 0.29) is 11.8 Å². The van der Waals surface area contributed by atoms with Crippen LogP contribution in [-0.2, 0) is 16.8 Å². The number of piperidine rings is 1. The van der Waals surface area contributed by atoms with Crippen LogP contribution in [0.2, 0.25) is 0 Å². The van der Waals surface area contributed by atoms with Gasteiger partial charge in [0.2, 0.25) is 5.91 Å². The average molecular weight is 668 g/mol. The number of benzene rings is 2. The predicted molar refractivity (Wildman–Crippen MR) is 201 cm³/mol.